The van der Waals surface area contributed by atoms with Crippen LogP contribution < -0.4 is 5.32 Å². The van der Waals surface area contributed by atoms with Gasteiger partial charge in [0.1, 0.15) is 6.04 Å². The van der Waals surface area contributed by atoms with Crippen LogP contribution in [-0.4, -0.2) is 41.7 Å². The number of allylic oxidation sites excluding steroid dienone is 2. The highest BCUT2D eigenvalue weighted by atomic mass is 16.5. The van der Waals surface area contributed by atoms with E-state index in [0.29, 0.717) is 23.1 Å². The molecule has 1 N–H and O–H groups in total. The molecule has 3 fully saturated rings. The summed E-state index contributed by atoms with van der Waals surface area (Å²) >= 11 is 0. The van der Waals surface area contributed by atoms with Crippen LogP contribution in [0.1, 0.15) is 23.7 Å². The molecule has 2 saturated carbocycles. The van der Waals surface area contributed by atoms with Crippen molar-refractivity contribution in [3.05, 3.63) is 42.0 Å². The van der Waals surface area contributed by atoms with Crippen LogP contribution in [-0.2, 0) is 19.1 Å². The number of ether oxygens (including phenoxy) is 1. The lowest BCUT2D eigenvalue weighted by molar-refractivity contribution is -0.146. The number of nitrogens with zero attached hydrogens (tertiary/aromatic N) is 1. The molecule has 150 valence electrons. The molecule has 1 aliphatic heterocycles. The summed E-state index contributed by atoms with van der Waals surface area (Å²) < 4.78 is 4.65. The Hall–Kier alpha value is -2.96. The number of nitrogens with one attached hydrogen (secondary N) is 1. The lowest BCUT2D eigenvalue weighted by atomic mass is 9.63. The zero-order chi connectivity index (χ0) is 20.4. The van der Waals surface area contributed by atoms with Gasteiger partial charge in [-0.3, -0.25) is 19.3 Å². The van der Waals surface area contributed by atoms with E-state index in [1.165, 1.54) is 12.0 Å². The average molecular weight is 394 g/mol. The number of carbonyl (C=O) groups is 4. The Labute approximate surface area is 168 Å². The van der Waals surface area contributed by atoms with Crippen molar-refractivity contribution in [3.63, 3.8) is 0 Å². The van der Waals surface area contributed by atoms with Gasteiger partial charge in [0, 0.05) is 5.69 Å². The van der Waals surface area contributed by atoms with E-state index in [0.717, 1.165) is 6.42 Å². The van der Waals surface area contributed by atoms with Crippen LogP contribution in [0, 0.1) is 35.5 Å². The molecule has 0 unspecified atom stereocenters. The highest BCUT2D eigenvalue weighted by molar-refractivity contribution is 6.10. The molecule has 6 rings (SSSR count). The smallest absolute Gasteiger partial charge is 0.337 e. The zero-order valence-electron chi connectivity index (χ0n) is 16.2. The van der Waals surface area contributed by atoms with E-state index in [4.69, 9.17) is 0 Å². The van der Waals surface area contributed by atoms with Crippen LogP contribution in [0.4, 0.5) is 5.69 Å². The number of amides is 3. The fourth-order valence-corrected chi connectivity index (χ4v) is 5.53. The Morgan fingerprint density at radius 1 is 1.03 bits per heavy atom. The van der Waals surface area contributed by atoms with Crippen molar-refractivity contribution >= 4 is 29.4 Å². The van der Waals surface area contributed by atoms with Crippen molar-refractivity contribution < 1.29 is 23.9 Å². The third-order valence-corrected chi connectivity index (χ3v) is 7.04. The third kappa shape index (κ3) is 2.56. The second-order valence-corrected chi connectivity index (χ2v) is 8.44. The largest absolute Gasteiger partial charge is 0.465 e. The standard InChI is InChI=1S/C22H22N2O5/c1-10(19(25)23-12-5-3-11(4-6-12)22(28)29-2)24-20(26)17-13-7-8-14(16-9-15(13)16)18(17)21(24)27/h3-8,10,13-18H,9H2,1-2H3,(H,23,25)/t10-,13-,14-,15-,16+,17-,18+/m0/s1. The lowest BCUT2D eigenvalue weighted by Crippen LogP contribution is -2.46. The van der Waals surface area contributed by atoms with Gasteiger partial charge >= 0.3 is 5.97 Å². The van der Waals surface area contributed by atoms with Crippen molar-refractivity contribution in [2.45, 2.75) is 19.4 Å². The van der Waals surface area contributed by atoms with E-state index >= 15 is 0 Å². The summed E-state index contributed by atoms with van der Waals surface area (Å²) in [5.41, 5.74) is 0.850. The number of rotatable bonds is 4. The second-order valence-electron chi connectivity index (χ2n) is 8.44. The predicted molar refractivity (Wildman–Crippen MR) is 102 cm³/mol. The van der Waals surface area contributed by atoms with Crippen molar-refractivity contribution in [2.24, 2.45) is 35.5 Å². The van der Waals surface area contributed by atoms with Gasteiger partial charge in [-0.1, -0.05) is 12.2 Å². The first kappa shape index (κ1) is 18.1. The summed E-state index contributed by atoms with van der Waals surface area (Å²) in [6, 6.07) is 5.37. The number of hydrogen-bond donors (Lipinski definition) is 1. The lowest BCUT2D eigenvalue weighted by Gasteiger charge is -2.37. The number of anilines is 1. The molecule has 1 aromatic carbocycles. The molecule has 7 atom stereocenters. The van der Waals surface area contributed by atoms with Crippen LogP contribution in [0.25, 0.3) is 0 Å². The number of hydrogen-bond acceptors (Lipinski definition) is 5. The van der Waals surface area contributed by atoms with E-state index in [1.54, 1.807) is 31.2 Å². The van der Waals surface area contributed by atoms with Gasteiger partial charge in [0.25, 0.3) is 0 Å². The number of likely N-dealkylation sites (tertiary alicyclic amines) is 1. The highest BCUT2D eigenvalue weighted by Crippen LogP contribution is 2.65. The van der Waals surface area contributed by atoms with E-state index in [9.17, 15) is 19.2 Å². The fourth-order valence-electron chi connectivity index (χ4n) is 5.53. The molecule has 29 heavy (non-hydrogen) atoms. The third-order valence-electron chi connectivity index (χ3n) is 7.04. The molecule has 3 amide bonds. The van der Waals surface area contributed by atoms with Gasteiger partial charge in [0.05, 0.1) is 24.5 Å². The molecule has 0 aromatic heterocycles. The van der Waals surface area contributed by atoms with Gasteiger partial charge in [-0.25, -0.2) is 4.79 Å². The Bertz CT molecular complexity index is 916. The van der Waals surface area contributed by atoms with Crippen LogP contribution >= 0.6 is 0 Å². The minimum absolute atomic E-state index is 0.137. The molecule has 2 bridgehead atoms. The molecule has 0 spiro atoms. The van der Waals surface area contributed by atoms with Gasteiger partial charge < -0.3 is 10.1 Å². The number of esters is 1. The van der Waals surface area contributed by atoms with Gasteiger partial charge in [-0.2, -0.15) is 0 Å². The molecule has 7 nitrogen and oxygen atoms in total. The summed E-state index contributed by atoms with van der Waals surface area (Å²) in [6.07, 6.45) is 5.33. The monoisotopic (exact) mass is 394 g/mol. The summed E-state index contributed by atoms with van der Waals surface area (Å²) in [7, 11) is 1.30. The normalized spacial score (nSPS) is 34.5. The van der Waals surface area contributed by atoms with Crippen molar-refractivity contribution in [1.29, 1.82) is 0 Å². The molecule has 4 aliphatic carbocycles. The number of methoxy groups -OCH3 is 1. The van der Waals surface area contributed by atoms with Gasteiger partial charge in [-0.05, 0) is 61.3 Å². The Balaban J connectivity index is 1.31. The number of carbonyl (C=O) groups excluding carboxylic acids is 4. The molecule has 7 heteroatoms. The quantitative estimate of drug-likeness (QED) is 0.478. The van der Waals surface area contributed by atoms with Crippen LogP contribution in [0.2, 0.25) is 0 Å². The summed E-state index contributed by atoms with van der Waals surface area (Å²) in [4.78, 5) is 51.6. The van der Waals surface area contributed by atoms with Crippen LogP contribution in [0.15, 0.2) is 36.4 Å². The minimum atomic E-state index is -0.892. The first-order valence-electron chi connectivity index (χ1n) is 9.97. The Morgan fingerprint density at radius 2 is 1.59 bits per heavy atom. The summed E-state index contributed by atoms with van der Waals surface area (Å²) in [5, 5.41) is 2.73. The molecule has 1 saturated heterocycles. The Morgan fingerprint density at radius 3 is 2.10 bits per heavy atom. The van der Waals surface area contributed by atoms with Gasteiger partial charge in [0.2, 0.25) is 17.7 Å². The maximum Gasteiger partial charge on any atom is 0.337 e. The first-order valence-corrected chi connectivity index (χ1v) is 9.97. The number of benzene rings is 1. The summed E-state index contributed by atoms with van der Waals surface area (Å²) in [6.45, 7) is 1.58. The molecular weight excluding hydrogens is 372 g/mol. The van der Waals surface area contributed by atoms with Gasteiger partial charge in [0.15, 0.2) is 0 Å². The molecule has 0 radical (unpaired) electrons. The maximum absolute atomic E-state index is 13.1. The first-order chi connectivity index (χ1) is 13.9. The van der Waals surface area contributed by atoms with E-state index in [-0.39, 0.29) is 35.5 Å². The molecule has 5 aliphatic rings. The van der Waals surface area contributed by atoms with Crippen LogP contribution in [0.3, 0.4) is 0 Å². The topological polar surface area (TPSA) is 92.8 Å². The van der Waals surface area contributed by atoms with E-state index < -0.39 is 17.9 Å². The predicted octanol–water partition coefficient (Wildman–Crippen LogP) is 1.85. The fraction of sp³-hybridized carbons (Fsp3) is 0.455. The maximum atomic E-state index is 13.1. The van der Waals surface area contributed by atoms with Crippen molar-refractivity contribution in [3.8, 4) is 0 Å². The molecule has 1 aromatic rings. The zero-order valence-corrected chi connectivity index (χ0v) is 16.2. The van der Waals surface area contributed by atoms with Crippen molar-refractivity contribution in [1.82, 2.24) is 4.90 Å². The highest BCUT2D eigenvalue weighted by Gasteiger charge is 2.67. The molecule has 1 heterocycles. The van der Waals surface area contributed by atoms with Gasteiger partial charge in [-0.15, -0.1) is 0 Å². The SMILES string of the molecule is COC(=O)c1ccc(NC(=O)[C@H](C)N2C(=O)[C@@H]3[C@H]4C=C[C@@H]([C@@H]5C[C@H]45)[C@@H]3C2=O)cc1. The second kappa shape index (κ2) is 6.27. The molecular formula is C22H22N2O5. The summed E-state index contributed by atoms with van der Waals surface area (Å²) in [5.74, 6) is -0.612. The van der Waals surface area contributed by atoms with E-state index in [2.05, 4.69) is 22.2 Å². The average Bonchev–Trinajstić information content (AvgIpc) is 3.51. The van der Waals surface area contributed by atoms with Crippen LogP contribution in [0.5, 0.6) is 0 Å². The Kier molecular flexibility index (Phi) is 3.91. The minimum Gasteiger partial charge on any atom is -0.465 e. The van der Waals surface area contributed by atoms with E-state index in [1.807, 2.05) is 0 Å². The number of imide groups is 1. The van der Waals surface area contributed by atoms with Crippen molar-refractivity contribution in [2.75, 3.05) is 12.4 Å².